The molecule has 2 aromatic heterocycles. The van der Waals surface area contributed by atoms with Crippen molar-refractivity contribution < 1.29 is 14.1 Å². The quantitative estimate of drug-likeness (QED) is 0.458. The van der Waals surface area contributed by atoms with E-state index in [1.807, 2.05) is 43.3 Å². The van der Waals surface area contributed by atoms with Gasteiger partial charge in [0.1, 0.15) is 0 Å². The minimum absolute atomic E-state index is 0.137. The number of rotatable bonds is 4. The van der Waals surface area contributed by atoms with Gasteiger partial charge in [-0.25, -0.2) is 4.79 Å². The SMILES string of the molecule is Cc1nc2ccccc2c(C)c1C(=O)OCc1nc(-c2ccccc2Cl)no1. The number of esters is 1. The van der Waals surface area contributed by atoms with Gasteiger partial charge in [-0.3, -0.25) is 4.98 Å². The van der Waals surface area contributed by atoms with E-state index >= 15 is 0 Å². The standard InChI is InChI=1S/C21H16ClN3O3/c1-12-14-7-4-6-10-17(14)23-13(2)19(12)21(26)27-11-18-24-20(25-28-18)15-8-3-5-9-16(15)22/h3-10H,11H2,1-2H3. The summed E-state index contributed by atoms with van der Waals surface area (Å²) in [7, 11) is 0. The molecule has 7 heteroatoms. The molecule has 0 radical (unpaired) electrons. The predicted molar refractivity (Wildman–Crippen MR) is 105 cm³/mol. The number of halogens is 1. The van der Waals surface area contributed by atoms with E-state index in [2.05, 4.69) is 15.1 Å². The maximum Gasteiger partial charge on any atom is 0.340 e. The number of benzene rings is 2. The molecule has 0 amide bonds. The lowest BCUT2D eigenvalue weighted by Gasteiger charge is -2.11. The minimum Gasteiger partial charge on any atom is -0.452 e. The average Bonchev–Trinajstić information content (AvgIpc) is 3.15. The van der Waals surface area contributed by atoms with Gasteiger partial charge in [0.15, 0.2) is 6.61 Å². The van der Waals surface area contributed by atoms with Crippen LogP contribution in [-0.4, -0.2) is 21.1 Å². The summed E-state index contributed by atoms with van der Waals surface area (Å²) in [6.45, 7) is 3.54. The highest BCUT2D eigenvalue weighted by atomic mass is 35.5. The molecule has 0 aliphatic carbocycles. The first-order chi connectivity index (χ1) is 13.5. The first-order valence-electron chi connectivity index (χ1n) is 8.65. The molecular formula is C21H16ClN3O3. The van der Waals surface area contributed by atoms with Crippen molar-refractivity contribution in [2.75, 3.05) is 0 Å². The lowest BCUT2D eigenvalue weighted by atomic mass is 10.0. The van der Waals surface area contributed by atoms with Crippen LogP contribution in [0.1, 0.15) is 27.5 Å². The second-order valence-electron chi connectivity index (χ2n) is 6.28. The largest absolute Gasteiger partial charge is 0.452 e. The Labute approximate surface area is 166 Å². The molecule has 6 nitrogen and oxygen atoms in total. The van der Waals surface area contributed by atoms with Crippen molar-refractivity contribution in [2.45, 2.75) is 20.5 Å². The first-order valence-corrected chi connectivity index (χ1v) is 9.03. The summed E-state index contributed by atoms with van der Waals surface area (Å²) in [5.74, 6) is 0.0504. The van der Waals surface area contributed by atoms with Gasteiger partial charge < -0.3 is 9.26 Å². The van der Waals surface area contributed by atoms with Crippen LogP contribution in [0, 0.1) is 13.8 Å². The van der Waals surface area contributed by atoms with E-state index in [1.54, 1.807) is 19.1 Å². The summed E-state index contributed by atoms with van der Waals surface area (Å²) in [5.41, 5.74) is 3.38. The summed E-state index contributed by atoms with van der Waals surface area (Å²) in [6, 6.07) is 14.9. The number of aromatic nitrogens is 3. The van der Waals surface area contributed by atoms with E-state index in [0.717, 1.165) is 16.5 Å². The maximum absolute atomic E-state index is 12.7. The van der Waals surface area contributed by atoms with Gasteiger partial charge in [-0.2, -0.15) is 4.98 Å². The van der Waals surface area contributed by atoms with Crippen LogP contribution in [0.3, 0.4) is 0 Å². The molecule has 0 spiro atoms. The topological polar surface area (TPSA) is 78.1 Å². The molecule has 0 bridgehead atoms. The molecule has 0 N–H and O–H groups in total. The van der Waals surface area contributed by atoms with Crippen LogP contribution in [0.2, 0.25) is 5.02 Å². The van der Waals surface area contributed by atoms with Crippen molar-refractivity contribution in [3.05, 3.63) is 76.3 Å². The molecule has 0 saturated heterocycles. The van der Waals surface area contributed by atoms with Crippen molar-refractivity contribution in [1.82, 2.24) is 15.1 Å². The Morgan fingerprint density at radius 3 is 2.64 bits per heavy atom. The van der Waals surface area contributed by atoms with Gasteiger partial charge in [0, 0.05) is 10.9 Å². The molecule has 28 heavy (non-hydrogen) atoms. The monoisotopic (exact) mass is 393 g/mol. The number of hydrogen-bond donors (Lipinski definition) is 0. The smallest absolute Gasteiger partial charge is 0.340 e. The zero-order valence-corrected chi connectivity index (χ0v) is 16.0. The fraction of sp³-hybridized carbons (Fsp3) is 0.143. The van der Waals surface area contributed by atoms with E-state index in [4.69, 9.17) is 20.9 Å². The summed E-state index contributed by atoms with van der Waals surface area (Å²) < 4.78 is 10.6. The van der Waals surface area contributed by atoms with Crippen LogP contribution in [-0.2, 0) is 11.3 Å². The van der Waals surface area contributed by atoms with Gasteiger partial charge in [0.2, 0.25) is 5.82 Å². The molecule has 2 heterocycles. The average molecular weight is 394 g/mol. The Bertz CT molecular complexity index is 1190. The fourth-order valence-corrected chi connectivity index (χ4v) is 3.32. The number of nitrogens with zero attached hydrogens (tertiary/aromatic N) is 3. The van der Waals surface area contributed by atoms with Gasteiger partial charge in [-0.15, -0.1) is 0 Å². The van der Waals surface area contributed by atoms with Crippen LogP contribution >= 0.6 is 11.6 Å². The van der Waals surface area contributed by atoms with Gasteiger partial charge in [0.05, 0.1) is 21.8 Å². The number of hydrogen-bond acceptors (Lipinski definition) is 6. The molecule has 0 aliphatic heterocycles. The van der Waals surface area contributed by atoms with E-state index in [1.165, 1.54) is 0 Å². The molecule has 0 fully saturated rings. The van der Waals surface area contributed by atoms with Gasteiger partial charge in [-0.1, -0.05) is 47.1 Å². The Balaban J connectivity index is 1.54. The molecule has 140 valence electrons. The summed E-state index contributed by atoms with van der Waals surface area (Å²) in [4.78, 5) is 21.4. The van der Waals surface area contributed by atoms with Crippen LogP contribution < -0.4 is 0 Å². The maximum atomic E-state index is 12.7. The summed E-state index contributed by atoms with van der Waals surface area (Å²) >= 11 is 6.14. The number of pyridine rings is 1. The lowest BCUT2D eigenvalue weighted by Crippen LogP contribution is -2.11. The third kappa shape index (κ3) is 3.34. The summed E-state index contributed by atoms with van der Waals surface area (Å²) in [6.07, 6.45) is 0. The molecule has 4 aromatic rings. The van der Waals surface area contributed by atoms with E-state index in [0.29, 0.717) is 27.7 Å². The minimum atomic E-state index is -0.481. The van der Waals surface area contributed by atoms with Crippen molar-refractivity contribution in [3.8, 4) is 11.4 Å². The van der Waals surface area contributed by atoms with Gasteiger partial charge in [0.25, 0.3) is 5.89 Å². The molecular weight excluding hydrogens is 378 g/mol. The number of ether oxygens (including phenoxy) is 1. The zero-order chi connectivity index (χ0) is 19.7. The number of aryl methyl sites for hydroxylation is 2. The fourth-order valence-electron chi connectivity index (χ4n) is 3.10. The number of fused-ring (bicyclic) bond motifs is 1. The second-order valence-corrected chi connectivity index (χ2v) is 6.69. The third-order valence-corrected chi connectivity index (χ3v) is 4.78. The van der Waals surface area contributed by atoms with Crippen LogP contribution in [0.25, 0.3) is 22.3 Å². The van der Waals surface area contributed by atoms with Gasteiger partial charge >= 0.3 is 5.97 Å². The van der Waals surface area contributed by atoms with Crippen molar-refractivity contribution >= 4 is 28.5 Å². The lowest BCUT2D eigenvalue weighted by molar-refractivity contribution is 0.0428. The highest BCUT2D eigenvalue weighted by molar-refractivity contribution is 6.33. The Morgan fingerprint density at radius 1 is 1.07 bits per heavy atom. The highest BCUT2D eigenvalue weighted by Crippen LogP contribution is 2.26. The molecule has 2 aromatic carbocycles. The third-order valence-electron chi connectivity index (χ3n) is 4.45. The highest BCUT2D eigenvalue weighted by Gasteiger charge is 2.19. The Kier molecular flexibility index (Phi) is 4.79. The molecule has 0 saturated carbocycles. The van der Waals surface area contributed by atoms with Crippen LogP contribution in [0.4, 0.5) is 0 Å². The van der Waals surface area contributed by atoms with E-state index in [-0.39, 0.29) is 12.5 Å². The Morgan fingerprint density at radius 2 is 1.82 bits per heavy atom. The predicted octanol–water partition coefficient (Wildman–Crippen LogP) is 4.91. The van der Waals surface area contributed by atoms with Gasteiger partial charge in [-0.05, 0) is 37.6 Å². The Hall–Kier alpha value is -3.25. The number of para-hydroxylation sites is 1. The second kappa shape index (κ2) is 7.40. The summed E-state index contributed by atoms with van der Waals surface area (Å²) in [5, 5.41) is 5.33. The van der Waals surface area contributed by atoms with E-state index < -0.39 is 5.97 Å². The first kappa shape index (κ1) is 18.1. The normalized spacial score (nSPS) is 11.0. The van der Waals surface area contributed by atoms with Crippen molar-refractivity contribution in [2.24, 2.45) is 0 Å². The number of carbonyl (C=O) groups excluding carboxylic acids is 1. The van der Waals surface area contributed by atoms with Crippen molar-refractivity contribution in [1.29, 1.82) is 0 Å². The van der Waals surface area contributed by atoms with Crippen molar-refractivity contribution in [3.63, 3.8) is 0 Å². The number of carbonyl (C=O) groups is 1. The van der Waals surface area contributed by atoms with E-state index in [9.17, 15) is 4.79 Å². The zero-order valence-electron chi connectivity index (χ0n) is 15.3. The molecule has 0 unspecified atom stereocenters. The van der Waals surface area contributed by atoms with Crippen LogP contribution in [0.5, 0.6) is 0 Å². The molecule has 0 atom stereocenters. The van der Waals surface area contributed by atoms with Crippen LogP contribution in [0.15, 0.2) is 53.1 Å². The molecule has 0 aliphatic rings. The molecule has 4 rings (SSSR count).